The fraction of sp³-hybridized carbons (Fsp3) is 0.647. The standard InChI is InChI=1S/C17H26FN/c1-3-13-19-16(14-7-9-15(18)10-8-14)17(2)11-5-4-6-12-17/h7-10,16,19H,3-6,11-13H2,1-2H3. The second-order valence-corrected chi connectivity index (χ2v) is 6.15. The van der Waals surface area contributed by atoms with Crippen LogP contribution in [0.25, 0.3) is 0 Å². The Morgan fingerprint density at radius 1 is 1.16 bits per heavy atom. The number of halogens is 1. The molecule has 106 valence electrons. The Bertz CT molecular complexity index is 379. The Morgan fingerprint density at radius 2 is 1.79 bits per heavy atom. The lowest BCUT2D eigenvalue weighted by atomic mass is 9.68. The summed E-state index contributed by atoms with van der Waals surface area (Å²) in [7, 11) is 0. The minimum Gasteiger partial charge on any atom is -0.309 e. The second-order valence-electron chi connectivity index (χ2n) is 6.15. The van der Waals surface area contributed by atoms with Crippen molar-refractivity contribution >= 4 is 0 Å². The summed E-state index contributed by atoms with van der Waals surface area (Å²) in [5.41, 5.74) is 1.55. The number of hydrogen-bond acceptors (Lipinski definition) is 1. The van der Waals surface area contributed by atoms with Crippen molar-refractivity contribution in [3.63, 3.8) is 0 Å². The van der Waals surface area contributed by atoms with Gasteiger partial charge in [-0.3, -0.25) is 0 Å². The van der Waals surface area contributed by atoms with Crippen molar-refractivity contribution in [3.8, 4) is 0 Å². The first-order valence-electron chi connectivity index (χ1n) is 7.64. The normalized spacial score (nSPS) is 20.2. The average molecular weight is 263 g/mol. The minimum atomic E-state index is -0.146. The number of rotatable bonds is 5. The molecule has 1 aliphatic carbocycles. The van der Waals surface area contributed by atoms with Crippen LogP contribution in [-0.4, -0.2) is 6.54 Å². The van der Waals surface area contributed by atoms with Gasteiger partial charge in [0.05, 0.1) is 0 Å². The molecule has 2 rings (SSSR count). The topological polar surface area (TPSA) is 12.0 Å². The fourth-order valence-electron chi connectivity index (χ4n) is 3.36. The van der Waals surface area contributed by atoms with E-state index in [9.17, 15) is 4.39 Å². The zero-order valence-corrected chi connectivity index (χ0v) is 12.2. The predicted octanol–water partition coefficient (Wildman–Crippen LogP) is 4.84. The van der Waals surface area contributed by atoms with Crippen LogP contribution in [0.5, 0.6) is 0 Å². The summed E-state index contributed by atoms with van der Waals surface area (Å²) in [5.74, 6) is -0.146. The Morgan fingerprint density at radius 3 is 2.37 bits per heavy atom. The lowest BCUT2D eigenvalue weighted by Gasteiger charge is -2.41. The van der Waals surface area contributed by atoms with E-state index >= 15 is 0 Å². The molecule has 1 aromatic rings. The van der Waals surface area contributed by atoms with Crippen molar-refractivity contribution in [2.45, 2.75) is 58.4 Å². The number of hydrogen-bond donors (Lipinski definition) is 1. The average Bonchev–Trinajstić information content (AvgIpc) is 2.42. The highest BCUT2D eigenvalue weighted by atomic mass is 19.1. The maximum Gasteiger partial charge on any atom is 0.123 e. The van der Waals surface area contributed by atoms with E-state index in [-0.39, 0.29) is 5.82 Å². The van der Waals surface area contributed by atoms with Crippen molar-refractivity contribution < 1.29 is 4.39 Å². The molecule has 0 aromatic heterocycles. The Labute approximate surface area is 116 Å². The van der Waals surface area contributed by atoms with Crippen molar-refractivity contribution in [1.82, 2.24) is 5.32 Å². The summed E-state index contributed by atoms with van der Waals surface area (Å²) >= 11 is 0. The molecule has 1 fully saturated rings. The van der Waals surface area contributed by atoms with Gasteiger partial charge in [-0.25, -0.2) is 4.39 Å². The lowest BCUT2D eigenvalue weighted by molar-refractivity contribution is 0.144. The molecule has 19 heavy (non-hydrogen) atoms. The molecule has 0 amide bonds. The van der Waals surface area contributed by atoms with Gasteiger partial charge in [0, 0.05) is 6.04 Å². The predicted molar refractivity (Wildman–Crippen MR) is 78.6 cm³/mol. The van der Waals surface area contributed by atoms with Gasteiger partial charge in [0.15, 0.2) is 0 Å². The van der Waals surface area contributed by atoms with Crippen LogP contribution in [0.15, 0.2) is 24.3 Å². The summed E-state index contributed by atoms with van der Waals surface area (Å²) in [6.07, 6.45) is 7.68. The Hall–Kier alpha value is -0.890. The van der Waals surface area contributed by atoms with Crippen molar-refractivity contribution in [1.29, 1.82) is 0 Å². The SMILES string of the molecule is CCCNC(c1ccc(F)cc1)C1(C)CCCCC1. The number of nitrogens with one attached hydrogen (secondary N) is 1. The van der Waals surface area contributed by atoms with Crippen molar-refractivity contribution in [2.75, 3.05) is 6.54 Å². The van der Waals surface area contributed by atoms with Crippen molar-refractivity contribution in [2.24, 2.45) is 5.41 Å². The van der Waals surface area contributed by atoms with Crippen molar-refractivity contribution in [3.05, 3.63) is 35.6 Å². The molecule has 0 spiro atoms. The van der Waals surface area contributed by atoms with Gasteiger partial charge in [0.1, 0.15) is 5.82 Å². The monoisotopic (exact) mass is 263 g/mol. The fourth-order valence-corrected chi connectivity index (χ4v) is 3.36. The van der Waals surface area contributed by atoms with Crippen LogP contribution in [0.1, 0.15) is 64.0 Å². The summed E-state index contributed by atoms with van der Waals surface area (Å²) in [4.78, 5) is 0. The summed E-state index contributed by atoms with van der Waals surface area (Å²) < 4.78 is 13.1. The number of benzene rings is 1. The van der Waals surface area contributed by atoms with E-state index in [4.69, 9.17) is 0 Å². The van der Waals surface area contributed by atoms with E-state index in [1.807, 2.05) is 12.1 Å². The van der Waals surface area contributed by atoms with Crippen LogP contribution in [0.2, 0.25) is 0 Å². The van der Waals surface area contributed by atoms with E-state index in [0.29, 0.717) is 11.5 Å². The quantitative estimate of drug-likeness (QED) is 0.801. The molecule has 2 heteroatoms. The third kappa shape index (κ3) is 3.56. The van der Waals surface area contributed by atoms with Gasteiger partial charge < -0.3 is 5.32 Å². The molecule has 0 bridgehead atoms. The zero-order valence-electron chi connectivity index (χ0n) is 12.2. The van der Waals surface area contributed by atoms with Crippen LogP contribution in [-0.2, 0) is 0 Å². The summed E-state index contributed by atoms with van der Waals surface area (Å²) in [5, 5.41) is 3.69. The van der Waals surface area contributed by atoms with Crippen LogP contribution < -0.4 is 5.32 Å². The largest absolute Gasteiger partial charge is 0.309 e. The minimum absolute atomic E-state index is 0.146. The van der Waals surface area contributed by atoms with Crippen LogP contribution in [0.3, 0.4) is 0 Å². The smallest absolute Gasteiger partial charge is 0.123 e. The first-order valence-corrected chi connectivity index (χ1v) is 7.64. The van der Waals surface area contributed by atoms with Crippen LogP contribution in [0.4, 0.5) is 4.39 Å². The van der Waals surface area contributed by atoms with Crippen LogP contribution >= 0.6 is 0 Å². The molecule has 1 unspecified atom stereocenters. The van der Waals surface area contributed by atoms with Gasteiger partial charge in [0.2, 0.25) is 0 Å². The molecule has 1 aromatic carbocycles. The first kappa shape index (κ1) is 14.5. The van der Waals surface area contributed by atoms with E-state index in [0.717, 1.165) is 13.0 Å². The van der Waals surface area contributed by atoms with Gasteiger partial charge in [-0.05, 0) is 48.9 Å². The molecule has 0 radical (unpaired) electrons. The van der Waals surface area contributed by atoms with Crippen LogP contribution in [0, 0.1) is 11.2 Å². The molecule has 1 atom stereocenters. The third-order valence-corrected chi connectivity index (χ3v) is 4.49. The highest BCUT2D eigenvalue weighted by Gasteiger charge is 2.35. The highest BCUT2D eigenvalue weighted by molar-refractivity contribution is 5.22. The maximum absolute atomic E-state index is 13.1. The van der Waals surface area contributed by atoms with E-state index in [2.05, 4.69) is 19.2 Å². The molecule has 1 N–H and O–H groups in total. The summed E-state index contributed by atoms with van der Waals surface area (Å²) in [6, 6.07) is 7.42. The second kappa shape index (κ2) is 6.51. The molecule has 1 nitrogen and oxygen atoms in total. The van der Waals surface area contributed by atoms with Gasteiger partial charge in [-0.1, -0.05) is 45.2 Å². The van der Waals surface area contributed by atoms with Gasteiger partial charge in [0.25, 0.3) is 0 Å². The summed E-state index contributed by atoms with van der Waals surface area (Å²) in [6.45, 7) is 5.61. The highest BCUT2D eigenvalue weighted by Crippen LogP contribution is 2.45. The van der Waals surface area contributed by atoms with Gasteiger partial charge in [-0.2, -0.15) is 0 Å². The maximum atomic E-state index is 13.1. The molecule has 1 saturated carbocycles. The lowest BCUT2D eigenvalue weighted by Crippen LogP contribution is -2.38. The molecular formula is C17H26FN. The van der Waals surface area contributed by atoms with E-state index in [1.165, 1.54) is 37.7 Å². The van der Waals surface area contributed by atoms with E-state index < -0.39 is 0 Å². The molecule has 0 aliphatic heterocycles. The molecule has 0 saturated heterocycles. The van der Waals surface area contributed by atoms with Gasteiger partial charge >= 0.3 is 0 Å². The van der Waals surface area contributed by atoms with Gasteiger partial charge in [-0.15, -0.1) is 0 Å². The Balaban J connectivity index is 2.21. The molecular weight excluding hydrogens is 237 g/mol. The molecule has 0 heterocycles. The first-order chi connectivity index (χ1) is 9.15. The molecule has 1 aliphatic rings. The third-order valence-electron chi connectivity index (χ3n) is 4.49. The van der Waals surface area contributed by atoms with E-state index in [1.54, 1.807) is 12.1 Å². The zero-order chi connectivity index (χ0) is 13.7. The Kier molecular flexibility index (Phi) is 4.98.